The lowest BCUT2D eigenvalue weighted by Gasteiger charge is -2.53. The minimum Gasteiger partial charge on any atom is -0.388 e. The number of aliphatic hydroxyl groups excluding tert-OH is 1. The zero-order chi connectivity index (χ0) is 16.8. The minimum atomic E-state index is -0.298. The van der Waals surface area contributed by atoms with Gasteiger partial charge in [-0.05, 0) is 73.8 Å². The highest BCUT2D eigenvalue weighted by Gasteiger charge is 2.57. The zero-order valence-electron chi connectivity index (χ0n) is 15.0. The molecule has 0 spiro atoms. The molecule has 0 saturated heterocycles. The Bertz CT molecular complexity index is 532. The summed E-state index contributed by atoms with van der Waals surface area (Å²) >= 11 is 0. The molecule has 0 aromatic carbocycles. The molecule has 0 amide bonds. The molecule has 0 bridgehead atoms. The second-order valence-electron chi connectivity index (χ2n) is 8.11. The number of carbonyl (C=O) groups excluding carboxylic acids is 1. The zero-order valence-corrected chi connectivity index (χ0v) is 15.0. The molecule has 23 heavy (non-hydrogen) atoms. The molecular formula is C21H32O2. The van der Waals surface area contributed by atoms with E-state index in [1.54, 1.807) is 0 Å². The summed E-state index contributed by atoms with van der Waals surface area (Å²) in [5.74, 6) is 3.07. The molecule has 0 heterocycles. The Labute approximate surface area is 141 Å². The Morgan fingerprint density at radius 1 is 1.17 bits per heavy atom. The maximum atomic E-state index is 11.7. The largest absolute Gasteiger partial charge is 0.388 e. The number of carbonyl (C=O) groups is 1. The third kappa shape index (κ3) is 2.54. The van der Waals surface area contributed by atoms with Crippen LogP contribution in [-0.4, -0.2) is 17.0 Å². The first kappa shape index (κ1) is 17.0. The van der Waals surface area contributed by atoms with Crippen LogP contribution in [0.25, 0.3) is 0 Å². The standard InChI is InChI=1S/C19H26O2.C2H6/c1-11-9-17-16-5-3-12-10-13(20)4-6-14(12)15(16)7-8-19(17,2)18(11)21;1-2/h10,14-18,21H,1,3-9H2,2H3;1-2H3/t14-,15?,16+,17?,18-,19-;/m0./s1. The number of rotatable bonds is 0. The van der Waals surface area contributed by atoms with Crippen molar-refractivity contribution < 1.29 is 9.90 Å². The lowest BCUT2D eigenvalue weighted by Crippen LogP contribution is -2.47. The fourth-order valence-electron chi connectivity index (χ4n) is 6.11. The van der Waals surface area contributed by atoms with Crippen LogP contribution in [0.5, 0.6) is 0 Å². The minimum absolute atomic E-state index is 0.0595. The topological polar surface area (TPSA) is 37.3 Å². The van der Waals surface area contributed by atoms with Crippen LogP contribution >= 0.6 is 0 Å². The molecule has 0 aromatic heterocycles. The van der Waals surface area contributed by atoms with Crippen LogP contribution in [0.2, 0.25) is 0 Å². The fourth-order valence-corrected chi connectivity index (χ4v) is 6.11. The van der Waals surface area contributed by atoms with E-state index in [9.17, 15) is 9.90 Å². The number of aliphatic hydroxyl groups is 1. The third-order valence-corrected chi connectivity index (χ3v) is 7.23. The summed E-state index contributed by atoms with van der Waals surface area (Å²) in [6.07, 6.45) is 9.15. The smallest absolute Gasteiger partial charge is 0.155 e. The van der Waals surface area contributed by atoms with Crippen molar-refractivity contribution in [2.75, 3.05) is 0 Å². The third-order valence-electron chi connectivity index (χ3n) is 7.23. The highest BCUT2D eigenvalue weighted by Crippen LogP contribution is 2.62. The summed E-state index contributed by atoms with van der Waals surface area (Å²) in [6, 6.07) is 0. The summed E-state index contributed by atoms with van der Waals surface area (Å²) in [4.78, 5) is 11.7. The summed E-state index contributed by atoms with van der Waals surface area (Å²) in [5, 5.41) is 10.6. The molecule has 4 rings (SSSR count). The summed E-state index contributed by atoms with van der Waals surface area (Å²) in [6.45, 7) is 10.4. The average Bonchev–Trinajstić information content (AvgIpc) is 2.80. The van der Waals surface area contributed by atoms with Crippen LogP contribution in [0, 0.1) is 29.1 Å². The van der Waals surface area contributed by atoms with Gasteiger partial charge in [-0.3, -0.25) is 4.79 Å². The van der Waals surface area contributed by atoms with Crippen molar-refractivity contribution in [1.82, 2.24) is 0 Å². The quantitative estimate of drug-likeness (QED) is 0.659. The highest BCUT2D eigenvalue weighted by atomic mass is 16.3. The molecule has 1 N–H and O–H groups in total. The SMILES string of the molecule is C=C1CC2[C@@H]3CCC4=CC(=O)CC[C@@H]4C3CC[C@]2(C)[C@H]1O.CC. The van der Waals surface area contributed by atoms with Crippen LogP contribution in [0.15, 0.2) is 23.8 Å². The van der Waals surface area contributed by atoms with Crippen molar-refractivity contribution in [3.05, 3.63) is 23.8 Å². The Hall–Kier alpha value is -0.890. The van der Waals surface area contributed by atoms with Gasteiger partial charge in [0.1, 0.15) is 0 Å². The number of hydrogen-bond acceptors (Lipinski definition) is 2. The highest BCUT2D eigenvalue weighted by molar-refractivity contribution is 5.91. The van der Waals surface area contributed by atoms with Gasteiger partial charge in [0.2, 0.25) is 0 Å². The molecule has 4 aliphatic rings. The number of allylic oxidation sites excluding steroid dienone is 1. The molecule has 128 valence electrons. The summed E-state index contributed by atoms with van der Waals surface area (Å²) in [5.41, 5.74) is 2.56. The van der Waals surface area contributed by atoms with E-state index in [0.717, 1.165) is 49.5 Å². The molecule has 2 heteroatoms. The molecule has 6 atom stereocenters. The predicted molar refractivity (Wildman–Crippen MR) is 94.0 cm³/mol. The summed E-state index contributed by atoms with van der Waals surface area (Å²) in [7, 11) is 0. The molecule has 2 nitrogen and oxygen atoms in total. The van der Waals surface area contributed by atoms with Crippen molar-refractivity contribution in [3.8, 4) is 0 Å². The molecular weight excluding hydrogens is 284 g/mol. The average molecular weight is 316 g/mol. The van der Waals surface area contributed by atoms with Crippen LogP contribution in [-0.2, 0) is 4.79 Å². The second kappa shape index (κ2) is 6.20. The Morgan fingerprint density at radius 2 is 1.91 bits per heavy atom. The summed E-state index contributed by atoms with van der Waals surface area (Å²) < 4.78 is 0. The molecule has 0 radical (unpaired) electrons. The monoisotopic (exact) mass is 316 g/mol. The van der Waals surface area contributed by atoms with E-state index >= 15 is 0 Å². The number of hydrogen-bond donors (Lipinski definition) is 1. The van der Waals surface area contributed by atoms with Gasteiger partial charge in [-0.25, -0.2) is 0 Å². The molecule has 0 aliphatic heterocycles. The van der Waals surface area contributed by atoms with Crippen molar-refractivity contribution >= 4 is 5.78 Å². The van der Waals surface area contributed by atoms with Crippen LogP contribution in [0.3, 0.4) is 0 Å². The normalized spacial score (nSPS) is 45.2. The van der Waals surface area contributed by atoms with E-state index in [1.807, 2.05) is 19.9 Å². The predicted octanol–water partition coefficient (Wildman–Crippen LogP) is 4.68. The van der Waals surface area contributed by atoms with Crippen LogP contribution in [0.1, 0.15) is 65.7 Å². The Balaban J connectivity index is 0.000000753. The second-order valence-corrected chi connectivity index (χ2v) is 8.11. The van der Waals surface area contributed by atoms with Crippen molar-refractivity contribution in [3.63, 3.8) is 0 Å². The van der Waals surface area contributed by atoms with Crippen LogP contribution in [0.4, 0.5) is 0 Å². The lowest BCUT2D eigenvalue weighted by molar-refractivity contribution is -0.116. The molecule has 0 aromatic rings. The van der Waals surface area contributed by atoms with Gasteiger partial charge in [0.25, 0.3) is 0 Å². The fraction of sp³-hybridized carbons (Fsp3) is 0.762. The van der Waals surface area contributed by atoms with Gasteiger partial charge in [0, 0.05) is 11.8 Å². The molecule has 2 unspecified atom stereocenters. The lowest BCUT2D eigenvalue weighted by atomic mass is 9.52. The van der Waals surface area contributed by atoms with E-state index in [2.05, 4.69) is 13.5 Å². The number of fused-ring (bicyclic) bond motifs is 5. The van der Waals surface area contributed by atoms with Gasteiger partial charge in [0.05, 0.1) is 6.10 Å². The first-order valence-corrected chi connectivity index (χ1v) is 9.60. The van der Waals surface area contributed by atoms with Gasteiger partial charge in [-0.1, -0.05) is 32.9 Å². The van der Waals surface area contributed by atoms with Crippen LogP contribution < -0.4 is 0 Å². The van der Waals surface area contributed by atoms with Gasteiger partial charge in [0.15, 0.2) is 5.78 Å². The van der Waals surface area contributed by atoms with Gasteiger partial charge in [-0.15, -0.1) is 0 Å². The molecule has 3 saturated carbocycles. The van der Waals surface area contributed by atoms with E-state index in [4.69, 9.17) is 0 Å². The van der Waals surface area contributed by atoms with E-state index in [-0.39, 0.29) is 11.5 Å². The first-order valence-electron chi connectivity index (χ1n) is 9.60. The van der Waals surface area contributed by atoms with E-state index in [1.165, 1.54) is 18.4 Å². The van der Waals surface area contributed by atoms with Crippen molar-refractivity contribution in [1.29, 1.82) is 0 Å². The Morgan fingerprint density at radius 3 is 2.65 bits per heavy atom. The molecule has 3 fully saturated rings. The Kier molecular flexibility index (Phi) is 4.57. The first-order chi connectivity index (χ1) is 11.0. The molecule has 4 aliphatic carbocycles. The van der Waals surface area contributed by atoms with Gasteiger partial charge < -0.3 is 5.11 Å². The van der Waals surface area contributed by atoms with E-state index < -0.39 is 0 Å². The van der Waals surface area contributed by atoms with Crippen molar-refractivity contribution in [2.45, 2.75) is 71.8 Å². The van der Waals surface area contributed by atoms with E-state index in [0.29, 0.717) is 17.6 Å². The van der Waals surface area contributed by atoms with Gasteiger partial charge >= 0.3 is 0 Å². The maximum absolute atomic E-state index is 11.7. The van der Waals surface area contributed by atoms with Crippen molar-refractivity contribution in [2.24, 2.45) is 29.1 Å². The maximum Gasteiger partial charge on any atom is 0.155 e. The number of ketones is 1. The van der Waals surface area contributed by atoms with Gasteiger partial charge in [-0.2, -0.15) is 0 Å².